The van der Waals surface area contributed by atoms with E-state index in [0.717, 1.165) is 0 Å². The van der Waals surface area contributed by atoms with Crippen LogP contribution < -0.4 is 0 Å². The van der Waals surface area contributed by atoms with Crippen LogP contribution in [-0.2, 0) is 14.3 Å². The first kappa shape index (κ1) is 13.0. The standard InChI is InChI=1S/C12H14O5/c1-2-16-11(13)8-10(17-12(14)15)9-6-4-3-5-7-9/h3-7,10H,2,8H2,1H3,(H,14,15). The van der Waals surface area contributed by atoms with Gasteiger partial charge >= 0.3 is 12.1 Å². The van der Waals surface area contributed by atoms with E-state index in [2.05, 4.69) is 4.74 Å². The average molecular weight is 238 g/mol. The molecule has 5 nitrogen and oxygen atoms in total. The van der Waals surface area contributed by atoms with Gasteiger partial charge in [-0.3, -0.25) is 4.79 Å². The van der Waals surface area contributed by atoms with Crippen LogP contribution in [0.3, 0.4) is 0 Å². The lowest BCUT2D eigenvalue weighted by molar-refractivity contribution is -0.145. The molecule has 0 aliphatic carbocycles. The smallest absolute Gasteiger partial charge is 0.466 e. The molecule has 0 bridgehead atoms. The van der Waals surface area contributed by atoms with Gasteiger partial charge in [-0.25, -0.2) is 4.79 Å². The molecule has 1 N–H and O–H groups in total. The second-order valence-electron chi connectivity index (χ2n) is 3.29. The van der Waals surface area contributed by atoms with Gasteiger partial charge < -0.3 is 14.6 Å². The van der Waals surface area contributed by atoms with Crippen LogP contribution >= 0.6 is 0 Å². The zero-order chi connectivity index (χ0) is 12.7. The maximum absolute atomic E-state index is 11.3. The summed E-state index contributed by atoms with van der Waals surface area (Å²) in [5.74, 6) is -0.484. The van der Waals surface area contributed by atoms with E-state index in [9.17, 15) is 9.59 Å². The summed E-state index contributed by atoms with van der Waals surface area (Å²) in [5, 5.41) is 8.61. The van der Waals surface area contributed by atoms with Gasteiger partial charge in [0.15, 0.2) is 0 Å². The average Bonchev–Trinajstić information content (AvgIpc) is 2.29. The number of rotatable bonds is 5. The summed E-state index contributed by atoms with van der Waals surface area (Å²) < 4.78 is 9.43. The lowest BCUT2D eigenvalue weighted by Gasteiger charge is -2.15. The third kappa shape index (κ3) is 4.55. The zero-order valence-corrected chi connectivity index (χ0v) is 9.46. The fourth-order valence-electron chi connectivity index (χ4n) is 1.39. The van der Waals surface area contributed by atoms with Crippen LogP contribution in [0.15, 0.2) is 30.3 Å². The van der Waals surface area contributed by atoms with Gasteiger partial charge in [0.25, 0.3) is 0 Å². The topological polar surface area (TPSA) is 72.8 Å². The number of hydrogen-bond donors (Lipinski definition) is 1. The van der Waals surface area contributed by atoms with Crippen molar-refractivity contribution in [2.45, 2.75) is 19.4 Å². The normalized spacial score (nSPS) is 11.6. The summed E-state index contributed by atoms with van der Waals surface area (Å²) in [7, 11) is 0. The van der Waals surface area contributed by atoms with E-state index in [1.54, 1.807) is 37.3 Å². The number of benzene rings is 1. The Morgan fingerprint density at radius 3 is 2.47 bits per heavy atom. The van der Waals surface area contributed by atoms with E-state index in [0.29, 0.717) is 5.56 Å². The summed E-state index contributed by atoms with van der Waals surface area (Å²) in [4.78, 5) is 21.9. The highest BCUT2D eigenvalue weighted by atomic mass is 16.7. The minimum absolute atomic E-state index is 0.121. The Labute approximate surface area is 99.0 Å². The van der Waals surface area contributed by atoms with E-state index < -0.39 is 18.2 Å². The molecule has 0 saturated heterocycles. The van der Waals surface area contributed by atoms with Gasteiger partial charge in [-0.1, -0.05) is 30.3 Å². The summed E-state index contributed by atoms with van der Waals surface area (Å²) in [6, 6.07) is 8.70. The Balaban J connectivity index is 2.74. The van der Waals surface area contributed by atoms with Gasteiger partial charge in [0.2, 0.25) is 0 Å². The largest absolute Gasteiger partial charge is 0.506 e. The van der Waals surface area contributed by atoms with Gasteiger partial charge in [0, 0.05) is 0 Å². The highest BCUT2D eigenvalue weighted by Crippen LogP contribution is 2.21. The fourth-order valence-corrected chi connectivity index (χ4v) is 1.39. The van der Waals surface area contributed by atoms with Crippen molar-refractivity contribution < 1.29 is 24.2 Å². The van der Waals surface area contributed by atoms with Crippen LogP contribution in [0.1, 0.15) is 25.0 Å². The maximum Gasteiger partial charge on any atom is 0.506 e. The monoisotopic (exact) mass is 238 g/mol. The third-order valence-electron chi connectivity index (χ3n) is 2.07. The molecule has 0 saturated carbocycles. The first-order valence-electron chi connectivity index (χ1n) is 5.23. The van der Waals surface area contributed by atoms with Gasteiger partial charge in [0.1, 0.15) is 6.10 Å². The first-order valence-corrected chi connectivity index (χ1v) is 5.23. The molecule has 0 heterocycles. The summed E-state index contributed by atoms with van der Waals surface area (Å²) >= 11 is 0. The van der Waals surface area contributed by atoms with Crippen molar-refractivity contribution in [2.24, 2.45) is 0 Å². The Morgan fingerprint density at radius 1 is 1.29 bits per heavy atom. The quantitative estimate of drug-likeness (QED) is 0.797. The fraction of sp³-hybridized carbons (Fsp3) is 0.333. The molecule has 0 aromatic heterocycles. The second kappa shape index (κ2) is 6.52. The molecule has 0 aliphatic heterocycles. The van der Waals surface area contributed by atoms with Crippen LogP contribution in [0, 0.1) is 0 Å². The van der Waals surface area contributed by atoms with Crippen LogP contribution in [-0.4, -0.2) is 23.8 Å². The van der Waals surface area contributed by atoms with Gasteiger partial charge in [0.05, 0.1) is 13.0 Å². The summed E-state index contributed by atoms with van der Waals surface area (Å²) in [6.45, 7) is 1.95. The molecule has 1 atom stereocenters. The van der Waals surface area contributed by atoms with E-state index in [1.807, 2.05) is 0 Å². The molecule has 0 radical (unpaired) electrons. The van der Waals surface area contributed by atoms with E-state index in [1.165, 1.54) is 0 Å². The van der Waals surface area contributed by atoms with Crippen molar-refractivity contribution in [3.05, 3.63) is 35.9 Å². The van der Waals surface area contributed by atoms with Crippen molar-refractivity contribution in [3.8, 4) is 0 Å². The predicted octanol–water partition coefficient (Wildman–Crippen LogP) is 2.38. The summed E-state index contributed by atoms with van der Waals surface area (Å²) in [6.07, 6.45) is -2.36. The number of carbonyl (C=O) groups excluding carboxylic acids is 1. The molecule has 1 aromatic carbocycles. The van der Waals surface area contributed by atoms with Crippen molar-refractivity contribution in [3.63, 3.8) is 0 Å². The summed E-state index contributed by atoms with van der Waals surface area (Å²) in [5.41, 5.74) is 0.628. The molecule has 1 aromatic rings. The molecule has 0 fully saturated rings. The molecule has 5 heteroatoms. The Hall–Kier alpha value is -2.04. The number of hydrogen-bond acceptors (Lipinski definition) is 4. The number of esters is 1. The van der Waals surface area contributed by atoms with Gasteiger partial charge in [-0.05, 0) is 12.5 Å². The zero-order valence-electron chi connectivity index (χ0n) is 9.46. The SMILES string of the molecule is CCOC(=O)CC(OC(=O)O)c1ccccc1. The van der Waals surface area contributed by atoms with Gasteiger partial charge in [-0.2, -0.15) is 0 Å². The molecule has 0 aliphatic rings. The Kier molecular flexibility index (Phi) is 5.00. The van der Waals surface area contributed by atoms with Gasteiger partial charge in [-0.15, -0.1) is 0 Å². The minimum Gasteiger partial charge on any atom is -0.466 e. The Bertz CT molecular complexity index is 374. The minimum atomic E-state index is -1.41. The molecule has 1 unspecified atom stereocenters. The first-order chi connectivity index (χ1) is 8.13. The molecule has 0 amide bonds. The number of ether oxygens (including phenoxy) is 2. The van der Waals surface area contributed by atoms with Crippen LogP contribution in [0.5, 0.6) is 0 Å². The van der Waals surface area contributed by atoms with Crippen molar-refractivity contribution in [1.29, 1.82) is 0 Å². The van der Waals surface area contributed by atoms with Crippen LogP contribution in [0.4, 0.5) is 4.79 Å². The molecule has 0 spiro atoms. The maximum atomic E-state index is 11.3. The van der Waals surface area contributed by atoms with Crippen molar-refractivity contribution in [1.82, 2.24) is 0 Å². The van der Waals surface area contributed by atoms with Crippen LogP contribution in [0.25, 0.3) is 0 Å². The van der Waals surface area contributed by atoms with E-state index in [-0.39, 0.29) is 13.0 Å². The van der Waals surface area contributed by atoms with Crippen molar-refractivity contribution in [2.75, 3.05) is 6.61 Å². The number of carboxylic acid groups (broad SMARTS) is 1. The predicted molar refractivity (Wildman–Crippen MR) is 59.5 cm³/mol. The molecule has 1 rings (SSSR count). The highest BCUT2D eigenvalue weighted by molar-refractivity contribution is 5.71. The molecule has 92 valence electrons. The molecule has 17 heavy (non-hydrogen) atoms. The van der Waals surface area contributed by atoms with E-state index >= 15 is 0 Å². The molecular formula is C12H14O5. The Morgan fingerprint density at radius 2 is 1.94 bits per heavy atom. The van der Waals surface area contributed by atoms with Crippen molar-refractivity contribution >= 4 is 12.1 Å². The lowest BCUT2D eigenvalue weighted by atomic mass is 10.1. The highest BCUT2D eigenvalue weighted by Gasteiger charge is 2.20. The van der Waals surface area contributed by atoms with Crippen LogP contribution in [0.2, 0.25) is 0 Å². The second-order valence-corrected chi connectivity index (χ2v) is 3.29. The molecular weight excluding hydrogens is 224 g/mol. The van der Waals surface area contributed by atoms with E-state index in [4.69, 9.17) is 9.84 Å². The third-order valence-corrected chi connectivity index (χ3v) is 2.07. The lowest BCUT2D eigenvalue weighted by Crippen LogP contribution is -2.15. The number of carbonyl (C=O) groups is 2.